The Morgan fingerprint density at radius 2 is 1.53 bits per heavy atom. The summed E-state index contributed by atoms with van der Waals surface area (Å²) in [6.45, 7) is 4.00. The second-order valence-electron chi connectivity index (χ2n) is 8.17. The molecule has 0 aromatic rings. The van der Waals surface area contributed by atoms with Crippen molar-refractivity contribution in [3.8, 4) is 0 Å². The van der Waals surface area contributed by atoms with Gasteiger partial charge in [0.2, 0.25) is 17.7 Å². The molecule has 3 amide bonds. The highest BCUT2D eigenvalue weighted by molar-refractivity contribution is 7.98. The molecule has 0 radical (unpaired) electrons. The van der Waals surface area contributed by atoms with Gasteiger partial charge in [-0.25, -0.2) is 4.79 Å². The SMILES string of the molecule is CSCCC(NC(=O)C(CC(C)C)NC(=O)C(N)CS)C(=O)NC(CCCN=C(N)N)C(=O)O. The fraction of sp³-hybridized carbons (Fsp3) is 0.750. The maximum atomic E-state index is 13.0. The second-order valence-corrected chi connectivity index (χ2v) is 9.52. The molecule has 0 spiro atoms. The molecule has 0 aromatic heterocycles. The summed E-state index contributed by atoms with van der Waals surface area (Å²) in [7, 11) is 0. The molecule has 4 atom stereocenters. The molecule has 196 valence electrons. The Kier molecular flexibility index (Phi) is 16.2. The van der Waals surface area contributed by atoms with Crippen LogP contribution in [-0.2, 0) is 19.2 Å². The van der Waals surface area contributed by atoms with Crippen LogP contribution in [0.1, 0.15) is 39.5 Å². The Morgan fingerprint density at radius 1 is 0.971 bits per heavy atom. The molecule has 0 fully saturated rings. The van der Waals surface area contributed by atoms with Crippen molar-refractivity contribution in [3.05, 3.63) is 0 Å². The van der Waals surface area contributed by atoms with Gasteiger partial charge in [0.1, 0.15) is 18.1 Å². The molecular formula is C20H39N7O5S2. The van der Waals surface area contributed by atoms with Gasteiger partial charge in [0.15, 0.2) is 5.96 Å². The highest BCUT2D eigenvalue weighted by Gasteiger charge is 2.30. The Balaban J connectivity index is 5.37. The normalized spacial score (nSPS) is 14.4. The van der Waals surface area contributed by atoms with Crippen molar-refractivity contribution < 1.29 is 24.3 Å². The van der Waals surface area contributed by atoms with Crippen LogP contribution in [0.2, 0.25) is 0 Å². The molecule has 0 aliphatic rings. The number of nitrogens with one attached hydrogen (secondary N) is 3. The molecule has 0 saturated carbocycles. The highest BCUT2D eigenvalue weighted by Crippen LogP contribution is 2.09. The number of carboxylic acid groups (broad SMARTS) is 1. The lowest BCUT2D eigenvalue weighted by Crippen LogP contribution is -2.57. The number of aliphatic carboxylic acids is 1. The molecule has 0 rings (SSSR count). The standard InChI is InChI=1S/C20H39N7O5S2/c1-11(2)9-15(27-16(28)12(21)10-33)18(30)25-13(6-8-34-3)17(29)26-14(19(31)32)5-4-7-24-20(22)23/h11-15,33H,4-10,21H2,1-3H3,(H,25,30)(H,26,29)(H,27,28)(H,31,32)(H4,22,23,24). The summed E-state index contributed by atoms with van der Waals surface area (Å²) in [4.78, 5) is 53.5. The first-order valence-corrected chi connectivity index (χ1v) is 13.0. The fourth-order valence-corrected chi connectivity index (χ4v) is 3.51. The van der Waals surface area contributed by atoms with E-state index < -0.39 is 47.9 Å². The van der Waals surface area contributed by atoms with Gasteiger partial charge < -0.3 is 38.3 Å². The van der Waals surface area contributed by atoms with Crippen molar-refractivity contribution in [1.82, 2.24) is 16.0 Å². The predicted molar refractivity (Wildman–Crippen MR) is 138 cm³/mol. The number of hydrogen-bond acceptors (Lipinski definition) is 8. The molecule has 0 saturated heterocycles. The molecule has 14 heteroatoms. The van der Waals surface area contributed by atoms with Crippen LogP contribution in [0.15, 0.2) is 4.99 Å². The molecule has 0 aromatic carbocycles. The van der Waals surface area contributed by atoms with Gasteiger partial charge in [-0.2, -0.15) is 24.4 Å². The van der Waals surface area contributed by atoms with Gasteiger partial charge in [-0.15, -0.1) is 0 Å². The van der Waals surface area contributed by atoms with Gasteiger partial charge in [-0.1, -0.05) is 13.8 Å². The number of amides is 3. The fourth-order valence-electron chi connectivity index (χ4n) is 2.87. The average molecular weight is 522 g/mol. The molecule has 0 bridgehead atoms. The van der Waals surface area contributed by atoms with Crippen LogP contribution in [0.3, 0.4) is 0 Å². The lowest BCUT2D eigenvalue weighted by molar-refractivity contribution is -0.142. The summed E-state index contributed by atoms with van der Waals surface area (Å²) < 4.78 is 0. The third-order valence-electron chi connectivity index (χ3n) is 4.68. The molecule has 10 N–H and O–H groups in total. The number of carboxylic acids is 1. The Morgan fingerprint density at radius 3 is 2.03 bits per heavy atom. The van der Waals surface area contributed by atoms with Crippen LogP contribution >= 0.6 is 24.4 Å². The minimum Gasteiger partial charge on any atom is -0.480 e. The van der Waals surface area contributed by atoms with E-state index in [9.17, 15) is 24.3 Å². The van der Waals surface area contributed by atoms with Crippen LogP contribution < -0.4 is 33.2 Å². The number of nitrogens with two attached hydrogens (primary N) is 3. The molecular weight excluding hydrogens is 482 g/mol. The minimum atomic E-state index is -1.21. The summed E-state index contributed by atoms with van der Waals surface area (Å²) in [6.07, 6.45) is 2.90. The number of carbonyl (C=O) groups is 4. The number of aliphatic imine (C=N–C) groups is 1. The third kappa shape index (κ3) is 13.5. The largest absolute Gasteiger partial charge is 0.480 e. The number of hydrogen-bond donors (Lipinski definition) is 8. The summed E-state index contributed by atoms with van der Waals surface area (Å²) in [5.41, 5.74) is 16.2. The predicted octanol–water partition coefficient (Wildman–Crippen LogP) is -1.36. The number of carbonyl (C=O) groups excluding carboxylic acids is 3. The van der Waals surface area contributed by atoms with E-state index in [2.05, 4.69) is 33.6 Å². The van der Waals surface area contributed by atoms with Crippen LogP contribution in [0.4, 0.5) is 0 Å². The zero-order valence-corrected chi connectivity index (χ0v) is 21.7. The molecule has 34 heavy (non-hydrogen) atoms. The Labute approximate surface area is 210 Å². The van der Waals surface area contributed by atoms with E-state index in [1.807, 2.05) is 20.1 Å². The summed E-state index contributed by atoms with van der Waals surface area (Å²) in [5.74, 6) is -2.27. The van der Waals surface area contributed by atoms with E-state index >= 15 is 0 Å². The highest BCUT2D eigenvalue weighted by atomic mass is 32.2. The van der Waals surface area contributed by atoms with Crippen molar-refractivity contribution in [3.63, 3.8) is 0 Å². The lowest BCUT2D eigenvalue weighted by atomic mass is 10.0. The average Bonchev–Trinajstić information content (AvgIpc) is 2.76. The summed E-state index contributed by atoms with van der Waals surface area (Å²) in [6, 6.07) is -3.94. The van der Waals surface area contributed by atoms with E-state index in [0.29, 0.717) is 18.6 Å². The topological polar surface area (TPSA) is 215 Å². The van der Waals surface area contributed by atoms with Gasteiger partial charge >= 0.3 is 5.97 Å². The molecule has 0 aliphatic heterocycles. The monoisotopic (exact) mass is 521 g/mol. The van der Waals surface area contributed by atoms with Crippen molar-refractivity contribution >= 4 is 54.0 Å². The van der Waals surface area contributed by atoms with Crippen molar-refractivity contribution in [1.29, 1.82) is 0 Å². The first-order valence-electron chi connectivity index (χ1n) is 11.0. The van der Waals surface area contributed by atoms with Gasteiger partial charge in [0.05, 0.1) is 6.04 Å². The van der Waals surface area contributed by atoms with Gasteiger partial charge in [0, 0.05) is 12.3 Å². The summed E-state index contributed by atoms with van der Waals surface area (Å²) >= 11 is 5.47. The number of rotatable bonds is 17. The number of thiol groups is 1. The zero-order valence-electron chi connectivity index (χ0n) is 20.0. The lowest BCUT2D eigenvalue weighted by Gasteiger charge is -2.26. The van der Waals surface area contributed by atoms with Crippen molar-refractivity contribution in [2.75, 3.05) is 24.3 Å². The first kappa shape index (κ1) is 31.8. The number of nitrogens with zero attached hydrogens (tertiary/aromatic N) is 1. The molecule has 12 nitrogen and oxygen atoms in total. The van der Waals surface area contributed by atoms with E-state index in [4.69, 9.17) is 17.2 Å². The number of guanidine groups is 1. The molecule has 4 unspecified atom stereocenters. The maximum absolute atomic E-state index is 13.0. The van der Waals surface area contributed by atoms with Gasteiger partial charge in [-0.3, -0.25) is 19.4 Å². The zero-order chi connectivity index (χ0) is 26.3. The number of thioether (sulfide) groups is 1. The maximum Gasteiger partial charge on any atom is 0.326 e. The van der Waals surface area contributed by atoms with Gasteiger partial charge in [-0.05, 0) is 43.6 Å². The third-order valence-corrected chi connectivity index (χ3v) is 5.71. The molecule has 0 heterocycles. The quantitative estimate of drug-likeness (QED) is 0.0490. The van der Waals surface area contributed by atoms with E-state index in [1.165, 1.54) is 11.8 Å². The summed E-state index contributed by atoms with van der Waals surface area (Å²) in [5, 5.41) is 17.2. The van der Waals surface area contributed by atoms with Crippen molar-refractivity contribution in [2.45, 2.75) is 63.7 Å². The van der Waals surface area contributed by atoms with E-state index in [-0.39, 0.29) is 37.0 Å². The smallest absolute Gasteiger partial charge is 0.326 e. The first-order chi connectivity index (χ1) is 15.9. The van der Waals surface area contributed by atoms with Gasteiger partial charge in [0.25, 0.3) is 0 Å². The molecule has 0 aliphatic carbocycles. The van der Waals surface area contributed by atoms with E-state index in [0.717, 1.165) is 0 Å². The van der Waals surface area contributed by atoms with Crippen LogP contribution in [0.5, 0.6) is 0 Å². The van der Waals surface area contributed by atoms with E-state index in [1.54, 1.807) is 0 Å². The minimum absolute atomic E-state index is 0.0726. The van der Waals surface area contributed by atoms with Crippen LogP contribution in [0, 0.1) is 5.92 Å². The second kappa shape index (κ2) is 17.3. The van der Waals surface area contributed by atoms with Crippen molar-refractivity contribution in [2.24, 2.45) is 28.1 Å². The van der Waals surface area contributed by atoms with Crippen LogP contribution in [0.25, 0.3) is 0 Å². The Hall–Kier alpha value is -2.19. The Bertz CT molecular complexity index is 705. The van der Waals surface area contributed by atoms with Crippen LogP contribution in [-0.4, -0.2) is 83.2 Å².